The molecule has 6 nitrogen and oxygen atoms in total. The summed E-state index contributed by atoms with van der Waals surface area (Å²) in [6.07, 6.45) is 3.98. The van der Waals surface area contributed by atoms with E-state index in [-0.39, 0.29) is 35.3 Å². The molecule has 0 spiro atoms. The van der Waals surface area contributed by atoms with E-state index >= 15 is 0 Å². The predicted octanol–water partition coefficient (Wildman–Crippen LogP) is 4.61. The van der Waals surface area contributed by atoms with Gasteiger partial charge in [0.2, 0.25) is 0 Å². The Bertz CT molecular complexity index is 1050. The number of nitrogens with zero attached hydrogens (tertiary/aromatic N) is 1. The van der Waals surface area contributed by atoms with E-state index in [4.69, 9.17) is 9.41 Å². The fourth-order valence-electron chi connectivity index (χ4n) is 3.77. The standard InChI is InChI=1S/C26H30N4O2.HI/c1-2-27-25(30-19-26(13-14-26)22-10-4-3-5-11-22)29-17-20-8-6-9-21(16-20)24(31)28-18-23-12-7-15-32-23;/h3-12,15-16H,2,13-14,17-19H2,1H3,(H,28,31)(H2,27,29,30);1H. The van der Waals surface area contributed by atoms with Crippen molar-refractivity contribution < 1.29 is 9.21 Å². The van der Waals surface area contributed by atoms with Gasteiger partial charge in [-0.1, -0.05) is 42.5 Å². The van der Waals surface area contributed by atoms with Crippen LogP contribution in [0.1, 0.15) is 47.0 Å². The van der Waals surface area contributed by atoms with Crippen molar-refractivity contribution in [1.82, 2.24) is 16.0 Å². The Morgan fingerprint density at radius 2 is 1.82 bits per heavy atom. The van der Waals surface area contributed by atoms with Gasteiger partial charge in [0.05, 0.1) is 19.4 Å². The zero-order valence-corrected chi connectivity index (χ0v) is 21.2. The Morgan fingerprint density at radius 1 is 1.00 bits per heavy atom. The highest BCUT2D eigenvalue weighted by Crippen LogP contribution is 2.47. The first-order valence-electron chi connectivity index (χ1n) is 11.2. The number of rotatable bonds is 9. The van der Waals surface area contributed by atoms with Gasteiger partial charge in [-0.15, -0.1) is 24.0 Å². The smallest absolute Gasteiger partial charge is 0.251 e. The second kappa shape index (κ2) is 11.9. The van der Waals surface area contributed by atoms with Crippen LogP contribution >= 0.6 is 24.0 Å². The summed E-state index contributed by atoms with van der Waals surface area (Å²) in [6.45, 7) is 4.57. The number of guanidine groups is 1. The van der Waals surface area contributed by atoms with Crippen molar-refractivity contribution in [2.24, 2.45) is 4.99 Å². The van der Waals surface area contributed by atoms with Gasteiger partial charge < -0.3 is 20.4 Å². The molecule has 1 aromatic heterocycles. The van der Waals surface area contributed by atoms with Crippen LogP contribution in [0.2, 0.25) is 0 Å². The summed E-state index contributed by atoms with van der Waals surface area (Å²) in [5.41, 5.74) is 3.19. The molecule has 1 aliphatic carbocycles. The third-order valence-corrected chi connectivity index (χ3v) is 5.79. The molecule has 4 rings (SSSR count). The second-order valence-corrected chi connectivity index (χ2v) is 8.16. The molecule has 1 fully saturated rings. The van der Waals surface area contributed by atoms with Crippen LogP contribution in [-0.2, 0) is 18.5 Å². The molecular weight excluding hydrogens is 527 g/mol. The maximum atomic E-state index is 12.5. The summed E-state index contributed by atoms with van der Waals surface area (Å²) in [4.78, 5) is 17.2. The number of furan rings is 1. The zero-order valence-electron chi connectivity index (χ0n) is 18.8. The van der Waals surface area contributed by atoms with Crippen LogP contribution in [0.4, 0.5) is 0 Å². The molecule has 0 saturated heterocycles. The highest BCUT2D eigenvalue weighted by atomic mass is 127. The first-order valence-corrected chi connectivity index (χ1v) is 11.2. The van der Waals surface area contributed by atoms with Crippen LogP contribution in [-0.4, -0.2) is 25.0 Å². The minimum absolute atomic E-state index is 0. The van der Waals surface area contributed by atoms with E-state index in [1.807, 2.05) is 30.3 Å². The SMILES string of the molecule is CCNC(=NCc1cccc(C(=O)NCc2ccco2)c1)NCC1(c2ccccc2)CC1.I. The zero-order chi connectivity index (χ0) is 22.2. The monoisotopic (exact) mass is 558 g/mol. The van der Waals surface area contributed by atoms with E-state index in [2.05, 4.69) is 53.2 Å². The van der Waals surface area contributed by atoms with Gasteiger partial charge in [-0.3, -0.25) is 4.79 Å². The number of hydrogen-bond donors (Lipinski definition) is 3. The van der Waals surface area contributed by atoms with Gasteiger partial charge in [0.1, 0.15) is 5.76 Å². The van der Waals surface area contributed by atoms with Gasteiger partial charge in [-0.25, -0.2) is 4.99 Å². The number of hydrogen-bond acceptors (Lipinski definition) is 3. The molecule has 0 radical (unpaired) electrons. The van der Waals surface area contributed by atoms with E-state index in [1.165, 1.54) is 18.4 Å². The Morgan fingerprint density at radius 3 is 2.52 bits per heavy atom. The van der Waals surface area contributed by atoms with Crippen molar-refractivity contribution in [3.63, 3.8) is 0 Å². The molecule has 0 atom stereocenters. The maximum Gasteiger partial charge on any atom is 0.251 e. The molecule has 7 heteroatoms. The van der Waals surface area contributed by atoms with Crippen molar-refractivity contribution in [1.29, 1.82) is 0 Å². The Hall–Kier alpha value is -2.81. The molecule has 0 aliphatic heterocycles. The summed E-state index contributed by atoms with van der Waals surface area (Å²) in [5, 5.41) is 9.72. The number of nitrogens with one attached hydrogen (secondary N) is 3. The lowest BCUT2D eigenvalue weighted by atomic mass is 9.96. The fourth-order valence-corrected chi connectivity index (χ4v) is 3.77. The van der Waals surface area contributed by atoms with Gasteiger partial charge in [0, 0.05) is 24.1 Å². The minimum Gasteiger partial charge on any atom is -0.467 e. The summed E-state index contributed by atoms with van der Waals surface area (Å²) in [7, 11) is 0. The molecule has 1 aliphatic rings. The molecule has 174 valence electrons. The van der Waals surface area contributed by atoms with Gasteiger partial charge >= 0.3 is 0 Å². The quantitative estimate of drug-likeness (QED) is 0.204. The van der Waals surface area contributed by atoms with Crippen molar-refractivity contribution in [3.05, 3.63) is 95.4 Å². The van der Waals surface area contributed by atoms with Gasteiger partial charge in [-0.05, 0) is 55.2 Å². The lowest BCUT2D eigenvalue weighted by molar-refractivity contribution is 0.0948. The molecule has 0 bridgehead atoms. The number of carbonyl (C=O) groups is 1. The van der Waals surface area contributed by atoms with Crippen molar-refractivity contribution in [2.75, 3.05) is 13.1 Å². The number of carbonyl (C=O) groups excluding carboxylic acids is 1. The molecule has 1 amide bonds. The summed E-state index contributed by atoms with van der Waals surface area (Å²) >= 11 is 0. The average molecular weight is 558 g/mol. The van der Waals surface area contributed by atoms with Crippen LogP contribution in [0.15, 0.2) is 82.4 Å². The molecule has 1 saturated carbocycles. The lowest BCUT2D eigenvalue weighted by Crippen LogP contribution is -2.41. The minimum atomic E-state index is -0.129. The first kappa shape index (κ1) is 24.8. The van der Waals surface area contributed by atoms with E-state index in [9.17, 15) is 4.79 Å². The number of amides is 1. The third-order valence-electron chi connectivity index (χ3n) is 5.79. The first-order chi connectivity index (χ1) is 15.7. The molecule has 2 aromatic carbocycles. The molecular formula is C26H31IN4O2. The summed E-state index contributed by atoms with van der Waals surface area (Å²) in [5.74, 6) is 1.39. The van der Waals surface area contributed by atoms with Crippen molar-refractivity contribution in [3.8, 4) is 0 Å². The van der Waals surface area contributed by atoms with Crippen LogP contribution in [0.5, 0.6) is 0 Å². The van der Waals surface area contributed by atoms with Gasteiger partial charge in [0.25, 0.3) is 5.91 Å². The molecule has 3 aromatic rings. The summed E-state index contributed by atoms with van der Waals surface area (Å²) in [6, 6.07) is 21.9. The molecule has 0 unspecified atom stereocenters. The van der Waals surface area contributed by atoms with E-state index in [1.54, 1.807) is 12.3 Å². The largest absolute Gasteiger partial charge is 0.467 e. The number of aliphatic imine (C=N–C) groups is 1. The Labute approximate surface area is 212 Å². The highest BCUT2D eigenvalue weighted by molar-refractivity contribution is 14.0. The van der Waals surface area contributed by atoms with E-state index in [0.717, 1.165) is 30.4 Å². The maximum absolute atomic E-state index is 12.5. The normalized spacial score (nSPS) is 14.2. The number of halogens is 1. The topological polar surface area (TPSA) is 78.7 Å². The van der Waals surface area contributed by atoms with Gasteiger partial charge in [0.15, 0.2) is 5.96 Å². The van der Waals surface area contributed by atoms with Crippen molar-refractivity contribution in [2.45, 2.75) is 38.3 Å². The number of benzene rings is 2. The summed E-state index contributed by atoms with van der Waals surface area (Å²) < 4.78 is 5.26. The van der Waals surface area contributed by atoms with Crippen LogP contribution in [0.3, 0.4) is 0 Å². The Kier molecular flexibility index (Phi) is 8.94. The van der Waals surface area contributed by atoms with E-state index in [0.29, 0.717) is 18.7 Å². The molecule has 1 heterocycles. The average Bonchev–Trinajstić information content (AvgIpc) is 3.45. The van der Waals surface area contributed by atoms with E-state index < -0.39 is 0 Å². The van der Waals surface area contributed by atoms with Crippen LogP contribution in [0, 0.1) is 0 Å². The van der Waals surface area contributed by atoms with Crippen LogP contribution < -0.4 is 16.0 Å². The van der Waals surface area contributed by atoms with Crippen molar-refractivity contribution >= 4 is 35.8 Å². The van der Waals surface area contributed by atoms with Gasteiger partial charge in [-0.2, -0.15) is 0 Å². The lowest BCUT2D eigenvalue weighted by Gasteiger charge is -2.19. The fraction of sp³-hybridized carbons (Fsp3) is 0.308. The highest BCUT2D eigenvalue weighted by Gasteiger charge is 2.43. The third kappa shape index (κ3) is 6.83. The van der Waals surface area contributed by atoms with Crippen LogP contribution in [0.25, 0.3) is 0 Å². The second-order valence-electron chi connectivity index (χ2n) is 8.16. The Balaban J connectivity index is 0.00000306. The molecule has 33 heavy (non-hydrogen) atoms. The predicted molar refractivity (Wildman–Crippen MR) is 142 cm³/mol. The molecule has 3 N–H and O–H groups in total.